The lowest BCUT2D eigenvalue weighted by molar-refractivity contribution is -0.410. The zero-order valence-corrected chi connectivity index (χ0v) is 73.3. The highest BCUT2D eigenvalue weighted by atomic mass is 28.5. The number of aliphatic hydroxyl groups excluding tert-OH is 6. The van der Waals surface area contributed by atoms with Crippen LogP contribution in [0.25, 0.3) is 0 Å². The van der Waals surface area contributed by atoms with Crippen LogP contribution in [0.3, 0.4) is 0 Å². The zero-order valence-electron chi connectivity index (χ0n) is 69.3. The van der Waals surface area contributed by atoms with Crippen LogP contribution in [0.5, 0.6) is 0 Å². The number of carbonyl (C=O) groups excluding carboxylic acids is 4. The Morgan fingerprint density at radius 2 is 1.10 bits per heavy atom. The molecule has 11 atom stereocenters. The highest BCUT2D eigenvalue weighted by Crippen LogP contribution is 2.48. The highest BCUT2D eigenvalue weighted by Gasteiger charge is 2.50. The number of ether oxygens (including phenoxy) is 12. The van der Waals surface area contributed by atoms with Gasteiger partial charge in [-0.05, 0) is 180 Å². The van der Waals surface area contributed by atoms with E-state index >= 15 is 0 Å². The molecule has 105 heavy (non-hydrogen) atoms. The van der Waals surface area contributed by atoms with Gasteiger partial charge in [-0.3, -0.25) is 4.79 Å². The molecule has 620 valence electrons. The van der Waals surface area contributed by atoms with Crippen LogP contribution in [-0.4, -0.2) is 253 Å². The van der Waals surface area contributed by atoms with Crippen molar-refractivity contribution in [3.05, 3.63) is 12.2 Å². The number of rotatable bonds is 57. The van der Waals surface area contributed by atoms with E-state index in [9.17, 15) is 49.8 Å². The number of alkyl carbamates (subject to hydrolysis) is 1. The predicted molar refractivity (Wildman–Crippen MR) is 413 cm³/mol. The van der Waals surface area contributed by atoms with Gasteiger partial charge >= 0.3 is 26.8 Å². The first-order valence-corrected chi connectivity index (χ1v) is 50.6. The van der Waals surface area contributed by atoms with Crippen molar-refractivity contribution in [2.24, 2.45) is 21.7 Å². The third-order valence-electron chi connectivity index (χ3n) is 16.8. The molecule has 0 aromatic carbocycles. The van der Waals surface area contributed by atoms with Crippen LogP contribution in [0.4, 0.5) is 9.59 Å². The third kappa shape index (κ3) is 48.7. The quantitative estimate of drug-likeness (QED) is 0.00700. The number of aliphatic hydroxyl groups is 6. The molecule has 0 heterocycles. The molecule has 0 saturated heterocycles. The van der Waals surface area contributed by atoms with Crippen molar-refractivity contribution in [3.8, 4) is 0 Å². The largest absolute Gasteiger partial charge is 0.508 e. The smallest absolute Gasteiger partial charge is 0.460 e. The van der Waals surface area contributed by atoms with Crippen molar-refractivity contribution < 1.29 is 119 Å². The zero-order chi connectivity index (χ0) is 80.6. The summed E-state index contributed by atoms with van der Waals surface area (Å²) in [5.41, 5.74) is -1.40. The Labute approximate surface area is 635 Å². The minimum atomic E-state index is -2.64. The van der Waals surface area contributed by atoms with Gasteiger partial charge in [-0.15, -0.1) is 0 Å². The van der Waals surface area contributed by atoms with Gasteiger partial charge in [-0.25, -0.2) is 14.4 Å². The summed E-state index contributed by atoms with van der Waals surface area (Å²) >= 11 is 0. The van der Waals surface area contributed by atoms with Crippen LogP contribution < -0.4 is 10.6 Å². The van der Waals surface area contributed by atoms with E-state index in [0.717, 1.165) is 19.3 Å². The van der Waals surface area contributed by atoms with Crippen LogP contribution in [0, 0.1) is 21.7 Å². The van der Waals surface area contributed by atoms with E-state index < -0.39 is 137 Å². The van der Waals surface area contributed by atoms with Gasteiger partial charge < -0.3 is 111 Å². The molecule has 1 saturated carbocycles. The summed E-state index contributed by atoms with van der Waals surface area (Å²) in [6, 6.07) is 0.526. The van der Waals surface area contributed by atoms with Crippen molar-refractivity contribution in [1.82, 2.24) is 10.6 Å². The van der Waals surface area contributed by atoms with Crippen LogP contribution in [0.15, 0.2) is 12.2 Å². The molecule has 31 heteroatoms. The Kier molecular flexibility index (Phi) is 43.8. The molecule has 1 fully saturated rings. The molecule has 0 spiro atoms. The summed E-state index contributed by atoms with van der Waals surface area (Å²) in [4.78, 5) is 48.4. The molecule has 0 aromatic rings. The van der Waals surface area contributed by atoms with E-state index in [-0.39, 0.29) is 119 Å². The predicted octanol–water partition coefficient (Wildman–Crippen LogP) is 11.1. The Bertz CT molecular complexity index is 2520. The summed E-state index contributed by atoms with van der Waals surface area (Å²) in [5, 5.41) is 67.4. The van der Waals surface area contributed by atoms with Crippen molar-refractivity contribution in [2.75, 3.05) is 106 Å². The first-order valence-electron chi connectivity index (χ1n) is 37.8. The fourth-order valence-electron chi connectivity index (χ4n) is 14.6. The normalized spacial score (nSPS) is 20.0. The molecule has 0 radical (unpaired) electrons. The number of hydrogen-bond donors (Lipinski definition) is 8. The first kappa shape index (κ1) is 100. The van der Waals surface area contributed by atoms with E-state index in [2.05, 4.69) is 138 Å². The molecular weight excluding hydrogens is 1430 g/mol. The standard InChI is InChI=1S/C74H148N2O25Si4/c1-56(2)64(84)90-39-34-75-65(85)91-38-29-59(81)47-92-62(44-78)50-88-36-27-31-72(13,96-71(12,30-26-35-87-46-60(82)43-77)54-69(9,10)52-67(4,5)6)97-73(14,33-40-104(22,23)101-105(24,25)100-103(19,20)21)98-74(15,99-102(16,17)18)32-28-37-89-51-63(45-79)93-48-61(83)49-94-66(86)95-55-70(11)42-58(76-57(3)80)41-68(7,8)53-70/h58-63,77-79,81-83H,1,26-55H2,2-25H3,(H,75,85)(H,76,80). The third-order valence-corrected chi connectivity index (χ3v) is 27.9. The van der Waals surface area contributed by atoms with E-state index in [1.54, 1.807) is 0 Å². The molecular formula is C74H148N2O25Si4. The topological polar surface area (TPSA) is 352 Å². The van der Waals surface area contributed by atoms with Gasteiger partial charge in [0.15, 0.2) is 42.3 Å². The highest BCUT2D eigenvalue weighted by molar-refractivity contribution is 6.87. The Morgan fingerprint density at radius 3 is 1.62 bits per heavy atom. The Balaban J connectivity index is 3.66. The van der Waals surface area contributed by atoms with E-state index in [4.69, 9.17) is 69.5 Å². The Morgan fingerprint density at radius 1 is 0.562 bits per heavy atom. The second-order valence-electron chi connectivity index (χ2n) is 36.0. The van der Waals surface area contributed by atoms with Gasteiger partial charge in [-0.1, -0.05) is 62.0 Å². The summed E-state index contributed by atoms with van der Waals surface area (Å²) in [7, 11) is -9.70. The van der Waals surface area contributed by atoms with Gasteiger partial charge in [0.05, 0.1) is 77.7 Å². The van der Waals surface area contributed by atoms with E-state index in [1.165, 1.54) is 13.8 Å². The van der Waals surface area contributed by atoms with E-state index in [1.807, 2.05) is 27.7 Å². The average molecular weight is 1580 g/mol. The summed E-state index contributed by atoms with van der Waals surface area (Å²) in [5.74, 6) is -4.82. The average Bonchev–Trinajstić information content (AvgIpc) is 0.817. The molecule has 0 bridgehead atoms. The van der Waals surface area contributed by atoms with Crippen molar-refractivity contribution in [3.63, 3.8) is 0 Å². The van der Waals surface area contributed by atoms with Crippen LogP contribution in [0.1, 0.15) is 180 Å². The fraction of sp³-hybridized carbons (Fsp3) is 0.919. The van der Waals surface area contributed by atoms with E-state index in [0.29, 0.717) is 64.0 Å². The molecule has 1 rings (SSSR count). The maximum absolute atomic E-state index is 12.8. The molecule has 11 unspecified atom stereocenters. The second-order valence-corrected chi connectivity index (χ2v) is 53.1. The minimum absolute atomic E-state index is 0.0196. The molecule has 2 amide bonds. The molecule has 0 aromatic heterocycles. The maximum atomic E-state index is 12.8. The number of nitrogens with one attached hydrogen (secondary N) is 2. The number of esters is 1. The van der Waals surface area contributed by atoms with Gasteiger partial charge in [0.25, 0.3) is 0 Å². The van der Waals surface area contributed by atoms with Crippen molar-refractivity contribution >= 4 is 57.6 Å². The maximum Gasteiger partial charge on any atom is 0.508 e. The molecule has 8 N–H and O–H groups in total. The summed E-state index contributed by atoms with van der Waals surface area (Å²) in [6.45, 7) is 51.6. The van der Waals surface area contributed by atoms with Crippen molar-refractivity contribution in [1.29, 1.82) is 0 Å². The van der Waals surface area contributed by atoms with Crippen molar-refractivity contribution in [2.45, 2.75) is 311 Å². The Hall–Kier alpha value is -2.59. The van der Waals surface area contributed by atoms with Crippen LogP contribution >= 0.6 is 0 Å². The minimum Gasteiger partial charge on any atom is -0.460 e. The van der Waals surface area contributed by atoms with Gasteiger partial charge in [0.1, 0.15) is 44.2 Å². The number of hydrogen-bond acceptors (Lipinski definition) is 25. The molecule has 0 aliphatic heterocycles. The first-order chi connectivity index (χ1) is 48.0. The van der Waals surface area contributed by atoms with Crippen LogP contribution in [-0.2, 0) is 79.1 Å². The molecule has 1 aliphatic carbocycles. The van der Waals surface area contributed by atoms with Crippen LogP contribution in [0.2, 0.25) is 71.5 Å². The lowest BCUT2D eigenvalue weighted by atomic mass is 9.63. The number of carbonyl (C=O) groups is 4. The lowest BCUT2D eigenvalue weighted by Crippen LogP contribution is -2.56. The van der Waals surface area contributed by atoms with Gasteiger partial charge in [-0.2, -0.15) is 0 Å². The summed E-state index contributed by atoms with van der Waals surface area (Å²) < 4.78 is 94.6. The molecule has 27 nitrogen and oxygen atoms in total. The SMILES string of the molecule is C=C(C)C(=O)OCCNC(=O)OCCC(O)COC(CO)COCCCC(C)(OC(C)(CCCOCC(O)CO)CC(C)(C)CC(C)(C)C)OC(C)(CC[Si](C)(C)O[Si](C)(C)O[Si](C)(C)C)OC(C)(CCCOCC(CO)OCC(O)COC(=O)OCC1(C)CC(NC(C)=O)CC(C)(C)C1)O[Si](C)(C)C. The monoisotopic (exact) mass is 1580 g/mol. The van der Waals surface area contributed by atoms with Gasteiger partial charge in [0.2, 0.25) is 5.91 Å². The molecule has 1 aliphatic rings. The van der Waals surface area contributed by atoms with Gasteiger partial charge in [0, 0.05) is 69.5 Å². The lowest BCUT2D eigenvalue weighted by Gasteiger charge is -2.50. The second kappa shape index (κ2) is 45.8. The summed E-state index contributed by atoms with van der Waals surface area (Å²) in [6.07, 6.45) is 0.0155. The fourth-order valence-corrected chi connectivity index (χ4v) is 29.3. The number of amides is 2.